The predicted molar refractivity (Wildman–Crippen MR) is 249 cm³/mol. The van der Waals surface area contributed by atoms with Crippen molar-refractivity contribution in [1.29, 1.82) is 5.26 Å². The fraction of sp³-hybridized carbons (Fsp3) is 0. The number of nitriles is 1. The molecule has 0 aliphatic carbocycles. The molecule has 0 N–H and O–H groups in total. The first-order chi connectivity index (χ1) is 33.8. The molecule has 0 fully saturated rings. The number of hydrogen-bond acceptors (Lipinski definition) is 9. The molecule has 12 rings (SSSR count). The van der Waals surface area contributed by atoms with Gasteiger partial charge < -0.3 is 9.13 Å². The first kappa shape index (κ1) is 40.9. The monoisotopic (exact) mass is 911 g/mol. The van der Waals surface area contributed by atoms with E-state index in [-0.39, 0.29) is 16.9 Å². The quantitative estimate of drug-likeness (QED) is 0.0869. The van der Waals surface area contributed by atoms with Crippen molar-refractivity contribution < 1.29 is 22.0 Å². The second kappa shape index (κ2) is 16.1. The highest BCUT2D eigenvalue weighted by molar-refractivity contribution is 6.13. The number of hydrogen-bond donors (Lipinski definition) is 0. The van der Waals surface area contributed by atoms with E-state index >= 15 is 17.6 Å². The largest absolute Gasteiger partial charge is 0.308 e. The Labute approximate surface area is 386 Å². The van der Waals surface area contributed by atoms with E-state index in [1.54, 1.807) is 132 Å². The molecule has 12 aromatic rings. The van der Waals surface area contributed by atoms with Crippen LogP contribution in [0.4, 0.5) is 22.0 Å². The van der Waals surface area contributed by atoms with Crippen LogP contribution in [0.15, 0.2) is 159 Å². The zero-order chi connectivity index (χ0) is 46.9. The summed E-state index contributed by atoms with van der Waals surface area (Å²) >= 11 is 0. The highest BCUT2D eigenvalue weighted by atomic mass is 19.2. The molecule has 11 nitrogen and oxygen atoms in total. The normalized spacial score (nSPS) is 11.5. The van der Waals surface area contributed by atoms with E-state index in [1.807, 2.05) is 24.3 Å². The van der Waals surface area contributed by atoms with Crippen molar-refractivity contribution >= 4 is 43.6 Å². The van der Waals surface area contributed by atoms with Crippen LogP contribution < -0.4 is 0 Å². The van der Waals surface area contributed by atoms with E-state index in [9.17, 15) is 9.65 Å². The molecule has 69 heavy (non-hydrogen) atoms. The zero-order valence-electron chi connectivity index (χ0n) is 35.3. The van der Waals surface area contributed by atoms with Crippen LogP contribution in [0.25, 0.3) is 112 Å². The van der Waals surface area contributed by atoms with Gasteiger partial charge >= 0.3 is 0 Å². The summed E-state index contributed by atoms with van der Waals surface area (Å²) in [4.78, 5) is 35.6. The van der Waals surface area contributed by atoms with Gasteiger partial charge in [0.1, 0.15) is 11.6 Å². The molecule has 0 spiro atoms. The third kappa shape index (κ3) is 6.55. The first-order valence-electron chi connectivity index (χ1n) is 21.1. The van der Waals surface area contributed by atoms with Crippen LogP contribution in [-0.2, 0) is 0 Å². The molecule has 0 unspecified atom stereocenters. The minimum Gasteiger partial charge on any atom is -0.308 e. The number of nitrogens with zero attached hydrogens (tertiary/aromatic N) is 11. The lowest BCUT2D eigenvalue weighted by Gasteiger charge is -2.19. The van der Waals surface area contributed by atoms with E-state index in [0.717, 1.165) is 0 Å². The summed E-state index contributed by atoms with van der Waals surface area (Å²) in [6.07, 6.45) is 12.9. The minimum absolute atomic E-state index is 0.00269. The summed E-state index contributed by atoms with van der Waals surface area (Å²) in [7, 11) is 0. The lowest BCUT2D eigenvalue weighted by atomic mass is 9.98. The molecule has 6 aromatic carbocycles. The molecular formula is C53H26F5N11. The Morgan fingerprint density at radius 3 is 0.899 bits per heavy atom. The standard InChI is InChI=1S/C53H26F5N11/c54-45-44(46(55)48(57)49(58)47(45)56)32-25-42(68-38-9-5-28(50-60-13-1-14-61-50)21-33(38)34-22-29(6-10-39(34)68)51-62-15-2-16-63-51)37(27-59)43(26-32)69-40-11-7-30(52-64-17-3-18-65-52)23-35(40)36-24-31(8-12-41(36)69)53-66-19-4-20-67-53/h1-26H. The van der Waals surface area contributed by atoms with Crippen molar-refractivity contribution in [3.8, 4) is 74.1 Å². The van der Waals surface area contributed by atoms with Gasteiger partial charge in [0, 0.05) is 93.4 Å². The van der Waals surface area contributed by atoms with Gasteiger partial charge in [-0.3, -0.25) is 0 Å². The summed E-state index contributed by atoms with van der Waals surface area (Å²) in [5.41, 5.74) is 3.28. The molecule has 0 radical (unpaired) electrons. The van der Waals surface area contributed by atoms with E-state index in [0.29, 0.717) is 89.2 Å². The second-order valence-corrected chi connectivity index (χ2v) is 15.8. The maximum Gasteiger partial charge on any atom is 0.200 e. The molecule has 0 saturated carbocycles. The lowest BCUT2D eigenvalue weighted by molar-refractivity contribution is 0.381. The zero-order valence-corrected chi connectivity index (χ0v) is 35.3. The van der Waals surface area contributed by atoms with E-state index in [1.165, 1.54) is 12.1 Å². The Morgan fingerprint density at radius 1 is 0.348 bits per heavy atom. The summed E-state index contributed by atoms with van der Waals surface area (Å²) in [5.74, 6) is -8.89. The molecule has 328 valence electrons. The van der Waals surface area contributed by atoms with Crippen molar-refractivity contribution in [3.63, 3.8) is 0 Å². The van der Waals surface area contributed by atoms with Crippen LogP contribution >= 0.6 is 0 Å². The Balaban J connectivity index is 1.22. The third-order valence-corrected chi connectivity index (χ3v) is 12.0. The Kier molecular flexibility index (Phi) is 9.51. The van der Waals surface area contributed by atoms with Crippen molar-refractivity contribution in [2.75, 3.05) is 0 Å². The van der Waals surface area contributed by atoms with Crippen LogP contribution in [-0.4, -0.2) is 49.0 Å². The number of benzene rings is 6. The van der Waals surface area contributed by atoms with E-state index in [2.05, 4.69) is 45.9 Å². The smallest absolute Gasteiger partial charge is 0.200 e. The summed E-state index contributed by atoms with van der Waals surface area (Å²) in [6.45, 7) is 0. The summed E-state index contributed by atoms with van der Waals surface area (Å²) in [6, 6.07) is 33.6. The van der Waals surface area contributed by atoms with Gasteiger partial charge in [0.2, 0.25) is 5.82 Å². The Morgan fingerprint density at radius 2 is 0.623 bits per heavy atom. The van der Waals surface area contributed by atoms with Gasteiger partial charge in [-0.25, -0.2) is 61.8 Å². The molecule has 0 amide bonds. The highest BCUT2D eigenvalue weighted by Crippen LogP contribution is 2.44. The second-order valence-electron chi connectivity index (χ2n) is 15.8. The van der Waals surface area contributed by atoms with E-state index < -0.39 is 40.2 Å². The fourth-order valence-electron chi connectivity index (χ4n) is 9.00. The Bertz CT molecular complexity index is 3640. The Hall–Kier alpha value is -9.62. The molecule has 0 aliphatic rings. The summed E-state index contributed by atoms with van der Waals surface area (Å²) < 4.78 is 81.1. The fourth-order valence-corrected chi connectivity index (χ4v) is 9.00. The van der Waals surface area contributed by atoms with Gasteiger partial charge in [-0.05, 0) is 115 Å². The maximum absolute atomic E-state index is 16.2. The molecule has 6 aromatic heterocycles. The van der Waals surface area contributed by atoms with Gasteiger partial charge in [-0.15, -0.1) is 0 Å². The van der Waals surface area contributed by atoms with Gasteiger partial charge in [-0.2, -0.15) is 5.26 Å². The van der Waals surface area contributed by atoms with Crippen LogP contribution in [0.5, 0.6) is 0 Å². The predicted octanol–water partition coefficient (Wildman–Crippen LogP) is 11.9. The number of halogens is 5. The van der Waals surface area contributed by atoms with Gasteiger partial charge in [0.25, 0.3) is 0 Å². The average molecular weight is 912 g/mol. The molecule has 0 bridgehead atoms. The van der Waals surface area contributed by atoms with Gasteiger partial charge in [-0.1, -0.05) is 0 Å². The SMILES string of the molecule is N#Cc1c(-n2c3ccc(-c4ncccn4)cc3c3cc(-c4ncccn4)ccc32)cc(-c2c(F)c(F)c(F)c(F)c2F)cc1-n1c2ccc(-c3ncccn3)cc2c2cc(-c3ncccn3)ccc21. The van der Waals surface area contributed by atoms with Crippen molar-refractivity contribution in [3.05, 3.63) is 193 Å². The molecule has 0 saturated heterocycles. The molecule has 0 atom stereocenters. The number of rotatable bonds is 7. The topological polar surface area (TPSA) is 137 Å². The molecular weight excluding hydrogens is 886 g/mol. The molecule has 6 heterocycles. The highest BCUT2D eigenvalue weighted by Gasteiger charge is 2.30. The number of fused-ring (bicyclic) bond motifs is 6. The molecule has 16 heteroatoms. The average Bonchev–Trinajstić information content (AvgIpc) is 3.91. The van der Waals surface area contributed by atoms with Crippen LogP contribution in [0, 0.1) is 40.4 Å². The number of aromatic nitrogens is 10. The van der Waals surface area contributed by atoms with Crippen molar-refractivity contribution in [2.24, 2.45) is 0 Å². The van der Waals surface area contributed by atoms with Crippen LogP contribution in [0.1, 0.15) is 5.56 Å². The van der Waals surface area contributed by atoms with Crippen LogP contribution in [0.3, 0.4) is 0 Å². The summed E-state index contributed by atoms with van der Waals surface area (Å²) in [5, 5.41) is 14.1. The van der Waals surface area contributed by atoms with E-state index in [4.69, 9.17) is 0 Å². The first-order valence-corrected chi connectivity index (χ1v) is 21.1. The van der Waals surface area contributed by atoms with Crippen LogP contribution in [0.2, 0.25) is 0 Å². The lowest BCUT2D eigenvalue weighted by Crippen LogP contribution is -2.08. The molecule has 0 aliphatic heterocycles. The van der Waals surface area contributed by atoms with Gasteiger partial charge in [0.15, 0.2) is 46.6 Å². The van der Waals surface area contributed by atoms with Gasteiger partial charge in [0.05, 0.1) is 39.0 Å². The minimum atomic E-state index is -2.31. The third-order valence-electron chi connectivity index (χ3n) is 12.0. The van der Waals surface area contributed by atoms with Crippen molar-refractivity contribution in [1.82, 2.24) is 49.0 Å². The van der Waals surface area contributed by atoms with Crippen molar-refractivity contribution in [2.45, 2.75) is 0 Å². The maximum atomic E-state index is 16.2.